The summed E-state index contributed by atoms with van der Waals surface area (Å²) in [6, 6.07) is 1.83. The number of carbonyl (C=O) groups is 1. The van der Waals surface area contributed by atoms with Crippen LogP contribution in [0.1, 0.15) is 25.0 Å². The fourth-order valence-corrected chi connectivity index (χ4v) is 2.03. The van der Waals surface area contributed by atoms with Crippen molar-refractivity contribution in [2.75, 3.05) is 13.2 Å². The van der Waals surface area contributed by atoms with Gasteiger partial charge >= 0.3 is 5.97 Å². The second-order valence-electron chi connectivity index (χ2n) is 4.06. The van der Waals surface area contributed by atoms with Crippen LogP contribution >= 0.6 is 0 Å². The van der Waals surface area contributed by atoms with Gasteiger partial charge in [0.05, 0.1) is 12.3 Å². The number of ether oxygens (including phenoxy) is 1. The van der Waals surface area contributed by atoms with Crippen LogP contribution in [0.3, 0.4) is 0 Å². The molecule has 0 aromatic carbocycles. The first-order valence-electron chi connectivity index (χ1n) is 5.60. The largest absolute Gasteiger partial charge is 0.465 e. The molecule has 16 heavy (non-hydrogen) atoms. The summed E-state index contributed by atoms with van der Waals surface area (Å²) in [7, 11) is 1.90. The number of hydrogen-bond acceptors (Lipinski definition) is 4. The topological polar surface area (TPSA) is 56.2 Å². The summed E-state index contributed by atoms with van der Waals surface area (Å²) >= 11 is 0. The van der Waals surface area contributed by atoms with E-state index in [4.69, 9.17) is 4.74 Å². The number of carbonyl (C=O) groups excluding carboxylic acids is 1. The Kier molecular flexibility index (Phi) is 3.24. The highest BCUT2D eigenvalue weighted by Crippen LogP contribution is 2.24. The lowest BCUT2D eigenvalue weighted by Crippen LogP contribution is -2.32. The highest BCUT2D eigenvalue weighted by Gasteiger charge is 2.32. The Hall–Kier alpha value is -1.36. The molecule has 1 aliphatic heterocycles. The van der Waals surface area contributed by atoms with Crippen molar-refractivity contribution in [3.8, 4) is 0 Å². The molecule has 1 aromatic heterocycles. The molecular formula is C11H17N3O2. The van der Waals surface area contributed by atoms with E-state index in [-0.39, 0.29) is 12.0 Å². The zero-order chi connectivity index (χ0) is 11.5. The van der Waals surface area contributed by atoms with Crippen LogP contribution in [0.25, 0.3) is 0 Å². The standard InChI is InChI=1S/C11H17N3O2/c1-3-16-11(15)10-6-8(7-12-10)9-4-5-14(2)13-9/h4-5,8,10,12H,3,6-7H2,1-2H3/t8?,10-/m0/s1. The molecule has 1 fully saturated rings. The molecule has 0 amide bonds. The van der Waals surface area contributed by atoms with E-state index >= 15 is 0 Å². The van der Waals surface area contributed by atoms with Gasteiger partial charge < -0.3 is 10.1 Å². The van der Waals surface area contributed by atoms with E-state index in [9.17, 15) is 4.79 Å². The van der Waals surface area contributed by atoms with Gasteiger partial charge in [0.25, 0.3) is 0 Å². The zero-order valence-electron chi connectivity index (χ0n) is 9.64. The van der Waals surface area contributed by atoms with E-state index in [0.29, 0.717) is 12.5 Å². The maximum Gasteiger partial charge on any atom is 0.323 e. The Morgan fingerprint density at radius 2 is 2.56 bits per heavy atom. The third-order valence-corrected chi connectivity index (χ3v) is 2.85. The van der Waals surface area contributed by atoms with Crippen molar-refractivity contribution in [2.45, 2.75) is 25.3 Å². The Morgan fingerprint density at radius 3 is 3.19 bits per heavy atom. The van der Waals surface area contributed by atoms with Crippen molar-refractivity contribution in [2.24, 2.45) is 7.05 Å². The van der Waals surface area contributed by atoms with Crippen LogP contribution in [-0.4, -0.2) is 34.9 Å². The van der Waals surface area contributed by atoms with Gasteiger partial charge in [-0.15, -0.1) is 0 Å². The van der Waals surface area contributed by atoms with Gasteiger partial charge in [-0.05, 0) is 19.4 Å². The van der Waals surface area contributed by atoms with Gasteiger partial charge in [0, 0.05) is 25.7 Å². The van der Waals surface area contributed by atoms with Crippen molar-refractivity contribution < 1.29 is 9.53 Å². The number of nitrogens with zero attached hydrogens (tertiary/aromatic N) is 2. The lowest BCUT2D eigenvalue weighted by Gasteiger charge is -2.08. The second kappa shape index (κ2) is 4.65. The monoisotopic (exact) mass is 223 g/mol. The summed E-state index contributed by atoms with van der Waals surface area (Å²) in [5, 5.41) is 7.53. The van der Waals surface area contributed by atoms with E-state index in [0.717, 1.165) is 18.7 Å². The van der Waals surface area contributed by atoms with Crippen LogP contribution in [0, 0.1) is 0 Å². The van der Waals surface area contributed by atoms with Crippen molar-refractivity contribution >= 4 is 5.97 Å². The highest BCUT2D eigenvalue weighted by atomic mass is 16.5. The van der Waals surface area contributed by atoms with Crippen LogP contribution < -0.4 is 5.32 Å². The number of nitrogens with one attached hydrogen (secondary N) is 1. The molecular weight excluding hydrogens is 206 g/mol. The van der Waals surface area contributed by atoms with E-state index in [1.54, 1.807) is 4.68 Å². The van der Waals surface area contributed by atoms with Crippen molar-refractivity contribution in [1.29, 1.82) is 0 Å². The molecule has 0 spiro atoms. The summed E-state index contributed by atoms with van der Waals surface area (Å²) in [4.78, 5) is 11.5. The lowest BCUT2D eigenvalue weighted by atomic mass is 10.0. The van der Waals surface area contributed by atoms with Gasteiger partial charge in [0.15, 0.2) is 0 Å². The van der Waals surface area contributed by atoms with Crippen molar-refractivity contribution in [3.63, 3.8) is 0 Å². The summed E-state index contributed by atoms with van der Waals surface area (Å²) in [6.45, 7) is 3.05. The Labute approximate surface area is 94.8 Å². The van der Waals surface area contributed by atoms with Crippen LogP contribution in [-0.2, 0) is 16.6 Å². The van der Waals surface area contributed by atoms with E-state index in [1.807, 2.05) is 26.2 Å². The van der Waals surface area contributed by atoms with Crippen molar-refractivity contribution in [3.05, 3.63) is 18.0 Å². The number of aromatic nitrogens is 2. The molecule has 1 aromatic rings. The van der Waals surface area contributed by atoms with Gasteiger partial charge in [-0.2, -0.15) is 5.10 Å². The van der Waals surface area contributed by atoms with Gasteiger partial charge in [-0.25, -0.2) is 0 Å². The van der Waals surface area contributed by atoms with E-state index < -0.39 is 0 Å². The average molecular weight is 223 g/mol. The third kappa shape index (κ3) is 2.24. The minimum atomic E-state index is -0.174. The number of esters is 1. The average Bonchev–Trinajstić information content (AvgIpc) is 2.85. The molecule has 0 radical (unpaired) electrons. The van der Waals surface area contributed by atoms with Crippen LogP contribution in [0.15, 0.2) is 12.3 Å². The molecule has 2 rings (SSSR count). The van der Waals surface area contributed by atoms with Gasteiger partial charge in [0.1, 0.15) is 6.04 Å². The molecule has 5 heteroatoms. The molecule has 1 unspecified atom stereocenters. The lowest BCUT2D eigenvalue weighted by molar-refractivity contribution is -0.145. The summed E-state index contributed by atoms with van der Waals surface area (Å²) < 4.78 is 6.77. The molecule has 88 valence electrons. The van der Waals surface area contributed by atoms with Gasteiger partial charge in [-0.3, -0.25) is 9.48 Å². The maximum atomic E-state index is 11.5. The van der Waals surface area contributed by atoms with Gasteiger partial charge in [0.2, 0.25) is 0 Å². The Balaban J connectivity index is 1.95. The first kappa shape index (κ1) is 11.1. The smallest absolute Gasteiger partial charge is 0.323 e. The Morgan fingerprint density at radius 1 is 1.75 bits per heavy atom. The molecule has 2 heterocycles. The summed E-state index contributed by atoms with van der Waals surface area (Å²) in [5.74, 6) is 0.163. The molecule has 1 aliphatic rings. The maximum absolute atomic E-state index is 11.5. The molecule has 0 saturated carbocycles. The highest BCUT2D eigenvalue weighted by molar-refractivity contribution is 5.76. The number of aryl methyl sites for hydroxylation is 1. The quantitative estimate of drug-likeness (QED) is 0.755. The van der Waals surface area contributed by atoms with Crippen LogP contribution in [0.5, 0.6) is 0 Å². The first-order valence-corrected chi connectivity index (χ1v) is 5.60. The second-order valence-corrected chi connectivity index (χ2v) is 4.06. The minimum absolute atomic E-state index is 0.152. The minimum Gasteiger partial charge on any atom is -0.465 e. The number of hydrogen-bond donors (Lipinski definition) is 1. The third-order valence-electron chi connectivity index (χ3n) is 2.85. The Bertz CT molecular complexity index is 375. The van der Waals surface area contributed by atoms with E-state index in [2.05, 4.69) is 10.4 Å². The van der Waals surface area contributed by atoms with Crippen LogP contribution in [0.4, 0.5) is 0 Å². The SMILES string of the molecule is CCOC(=O)[C@@H]1CC(c2ccn(C)n2)CN1. The molecule has 1 N–H and O–H groups in total. The molecule has 2 atom stereocenters. The molecule has 5 nitrogen and oxygen atoms in total. The fourth-order valence-electron chi connectivity index (χ4n) is 2.03. The first-order chi connectivity index (χ1) is 7.70. The number of rotatable bonds is 3. The fraction of sp³-hybridized carbons (Fsp3) is 0.636. The van der Waals surface area contributed by atoms with Gasteiger partial charge in [-0.1, -0.05) is 0 Å². The summed E-state index contributed by atoms with van der Waals surface area (Å²) in [5.41, 5.74) is 1.04. The van der Waals surface area contributed by atoms with Crippen LogP contribution in [0.2, 0.25) is 0 Å². The van der Waals surface area contributed by atoms with E-state index in [1.165, 1.54) is 0 Å². The zero-order valence-corrected chi connectivity index (χ0v) is 9.64. The normalized spacial score (nSPS) is 24.6. The predicted octanol–water partition coefficient (Wildman–Crippen LogP) is 0.429. The van der Waals surface area contributed by atoms with Crippen molar-refractivity contribution in [1.82, 2.24) is 15.1 Å². The predicted molar refractivity (Wildman–Crippen MR) is 59.0 cm³/mol. The molecule has 1 saturated heterocycles. The molecule has 0 aliphatic carbocycles. The molecule has 0 bridgehead atoms. The summed E-state index contributed by atoms with van der Waals surface area (Å²) in [6.07, 6.45) is 2.70.